The standard InChI is InChI=1S/C19H28N2O2/c1-2-14-23-18-10-8-17(9-11-18)21-19(22)15-20-13-12-16-6-4-3-5-7-16/h6,8-11,20H,2-5,7,12-15H2,1H3,(H,21,22). The minimum absolute atomic E-state index is 0.00940. The van der Waals surface area contributed by atoms with Crippen LogP contribution in [-0.2, 0) is 4.79 Å². The number of hydrogen-bond donors (Lipinski definition) is 2. The van der Waals surface area contributed by atoms with Crippen molar-refractivity contribution in [2.75, 3.05) is 25.0 Å². The summed E-state index contributed by atoms with van der Waals surface area (Å²) in [5.41, 5.74) is 2.34. The number of allylic oxidation sites excluding steroid dienone is 1. The second-order valence-corrected chi connectivity index (χ2v) is 5.96. The Bertz CT molecular complexity index is 509. The summed E-state index contributed by atoms with van der Waals surface area (Å²) in [7, 11) is 0. The van der Waals surface area contributed by atoms with Gasteiger partial charge in [-0.1, -0.05) is 18.6 Å². The fourth-order valence-electron chi connectivity index (χ4n) is 2.64. The van der Waals surface area contributed by atoms with E-state index in [0.29, 0.717) is 13.2 Å². The van der Waals surface area contributed by atoms with Crippen molar-refractivity contribution in [3.8, 4) is 5.75 Å². The van der Waals surface area contributed by atoms with E-state index in [4.69, 9.17) is 4.74 Å². The highest BCUT2D eigenvalue weighted by atomic mass is 16.5. The highest BCUT2D eigenvalue weighted by molar-refractivity contribution is 5.92. The Morgan fingerprint density at radius 3 is 2.74 bits per heavy atom. The molecule has 2 N–H and O–H groups in total. The highest BCUT2D eigenvalue weighted by Gasteiger charge is 2.05. The molecule has 126 valence electrons. The summed E-state index contributed by atoms with van der Waals surface area (Å²) >= 11 is 0. The fraction of sp³-hybridized carbons (Fsp3) is 0.526. The molecule has 1 aromatic carbocycles. The summed E-state index contributed by atoms with van der Waals surface area (Å²) < 4.78 is 5.52. The van der Waals surface area contributed by atoms with Crippen LogP contribution in [0, 0.1) is 0 Å². The number of ether oxygens (including phenoxy) is 1. The third-order valence-electron chi connectivity index (χ3n) is 3.90. The SMILES string of the molecule is CCCOc1ccc(NC(=O)CNCCC2=CCCCC2)cc1. The highest BCUT2D eigenvalue weighted by Crippen LogP contribution is 2.19. The van der Waals surface area contributed by atoms with Gasteiger partial charge in [-0.15, -0.1) is 0 Å². The van der Waals surface area contributed by atoms with Crippen molar-refractivity contribution in [2.24, 2.45) is 0 Å². The molecule has 0 saturated heterocycles. The summed E-state index contributed by atoms with van der Waals surface area (Å²) in [6.07, 6.45) is 9.46. The van der Waals surface area contributed by atoms with Crippen LogP contribution >= 0.6 is 0 Å². The zero-order chi connectivity index (χ0) is 16.3. The van der Waals surface area contributed by atoms with Crippen LogP contribution in [0.15, 0.2) is 35.9 Å². The normalized spacial score (nSPS) is 14.2. The molecule has 2 rings (SSSR count). The smallest absolute Gasteiger partial charge is 0.238 e. The maximum atomic E-state index is 11.9. The molecular formula is C19H28N2O2. The van der Waals surface area contributed by atoms with Crippen molar-refractivity contribution in [1.82, 2.24) is 5.32 Å². The average molecular weight is 316 g/mol. The summed E-state index contributed by atoms with van der Waals surface area (Å²) in [5, 5.41) is 6.11. The van der Waals surface area contributed by atoms with E-state index in [1.165, 1.54) is 31.3 Å². The molecule has 1 aliphatic carbocycles. The van der Waals surface area contributed by atoms with E-state index in [1.54, 1.807) is 0 Å². The van der Waals surface area contributed by atoms with Gasteiger partial charge in [0.05, 0.1) is 13.2 Å². The summed E-state index contributed by atoms with van der Waals surface area (Å²) in [6, 6.07) is 7.51. The van der Waals surface area contributed by atoms with Crippen LogP contribution in [0.3, 0.4) is 0 Å². The maximum Gasteiger partial charge on any atom is 0.238 e. The van der Waals surface area contributed by atoms with E-state index in [0.717, 1.165) is 30.8 Å². The zero-order valence-electron chi connectivity index (χ0n) is 14.1. The van der Waals surface area contributed by atoms with Gasteiger partial charge in [0.2, 0.25) is 5.91 Å². The molecule has 1 amide bonds. The predicted octanol–water partition coefficient (Wildman–Crippen LogP) is 3.89. The first-order chi connectivity index (χ1) is 11.3. The average Bonchev–Trinajstić information content (AvgIpc) is 2.59. The van der Waals surface area contributed by atoms with Gasteiger partial charge in [0.25, 0.3) is 0 Å². The molecule has 1 aliphatic rings. The lowest BCUT2D eigenvalue weighted by molar-refractivity contribution is -0.115. The molecule has 0 saturated carbocycles. The van der Waals surface area contributed by atoms with Crippen LogP contribution in [0.4, 0.5) is 5.69 Å². The van der Waals surface area contributed by atoms with E-state index >= 15 is 0 Å². The van der Waals surface area contributed by atoms with Gasteiger partial charge in [-0.25, -0.2) is 0 Å². The number of rotatable bonds is 9. The number of nitrogens with one attached hydrogen (secondary N) is 2. The van der Waals surface area contributed by atoms with Crippen molar-refractivity contribution in [3.63, 3.8) is 0 Å². The van der Waals surface area contributed by atoms with Gasteiger partial charge in [-0.3, -0.25) is 4.79 Å². The van der Waals surface area contributed by atoms with Crippen molar-refractivity contribution in [3.05, 3.63) is 35.9 Å². The lowest BCUT2D eigenvalue weighted by atomic mass is 9.97. The van der Waals surface area contributed by atoms with Gasteiger partial charge in [0, 0.05) is 5.69 Å². The van der Waals surface area contributed by atoms with Gasteiger partial charge >= 0.3 is 0 Å². The van der Waals surface area contributed by atoms with Gasteiger partial charge in [0.1, 0.15) is 5.75 Å². The second kappa shape index (κ2) is 10.1. The summed E-state index contributed by atoms with van der Waals surface area (Å²) in [4.78, 5) is 11.9. The van der Waals surface area contributed by atoms with Gasteiger partial charge < -0.3 is 15.4 Å². The number of amides is 1. The van der Waals surface area contributed by atoms with E-state index in [1.807, 2.05) is 24.3 Å². The molecule has 0 radical (unpaired) electrons. The molecule has 1 aromatic rings. The van der Waals surface area contributed by atoms with Crippen molar-refractivity contribution < 1.29 is 9.53 Å². The van der Waals surface area contributed by atoms with Crippen LogP contribution in [0.2, 0.25) is 0 Å². The largest absolute Gasteiger partial charge is 0.494 e. The number of carbonyl (C=O) groups is 1. The first-order valence-corrected chi connectivity index (χ1v) is 8.69. The Morgan fingerprint density at radius 2 is 2.04 bits per heavy atom. The third-order valence-corrected chi connectivity index (χ3v) is 3.90. The van der Waals surface area contributed by atoms with Crippen LogP contribution in [-0.4, -0.2) is 25.6 Å². The van der Waals surface area contributed by atoms with E-state index in [9.17, 15) is 4.79 Å². The number of benzene rings is 1. The Balaban J connectivity index is 1.63. The molecule has 0 unspecified atom stereocenters. The maximum absolute atomic E-state index is 11.9. The second-order valence-electron chi connectivity index (χ2n) is 5.96. The van der Waals surface area contributed by atoms with E-state index in [-0.39, 0.29) is 5.91 Å². The van der Waals surface area contributed by atoms with Crippen molar-refractivity contribution in [2.45, 2.75) is 45.4 Å². The van der Waals surface area contributed by atoms with Crippen LogP contribution < -0.4 is 15.4 Å². The van der Waals surface area contributed by atoms with Crippen LogP contribution in [0.1, 0.15) is 45.4 Å². The molecule has 0 aromatic heterocycles. The van der Waals surface area contributed by atoms with Crippen molar-refractivity contribution in [1.29, 1.82) is 0 Å². The first-order valence-electron chi connectivity index (χ1n) is 8.69. The summed E-state index contributed by atoms with van der Waals surface area (Å²) in [6.45, 7) is 4.00. The molecule has 0 heterocycles. The van der Waals surface area contributed by atoms with Crippen molar-refractivity contribution >= 4 is 11.6 Å². The topological polar surface area (TPSA) is 50.4 Å². The molecule has 0 spiro atoms. The molecule has 0 fully saturated rings. The van der Waals surface area contributed by atoms with E-state index < -0.39 is 0 Å². The third kappa shape index (κ3) is 6.87. The molecule has 4 nitrogen and oxygen atoms in total. The summed E-state index contributed by atoms with van der Waals surface area (Å²) in [5.74, 6) is 0.827. The monoisotopic (exact) mass is 316 g/mol. The minimum Gasteiger partial charge on any atom is -0.494 e. The molecule has 4 heteroatoms. The van der Waals surface area contributed by atoms with E-state index in [2.05, 4.69) is 23.6 Å². The molecule has 0 aliphatic heterocycles. The quantitative estimate of drug-likeness (QED) is 0.537. The Hall–Kier alpha value is -1.81. The number of carbonyl (C=O) groups excluding carboxylic acids is 1. The zero-order valence-corrected chi connectivity index (χ0v) is 14.1. The predicted molar refractivity (Wildman–Crippen MR) is 94.9 cm³/mol. The van der Waals surface area contributed by atoms with Gasteiger partial charge in [-0.2, -0.15) is 0 Å². The minimum atomic E-state index is -0.00940. The molecular weight excluding hydrogens is 288 g/mol. The molecule has 0 atom stereocenters. The Kier molecular flexibility index (Phi) is 7.67. The fourth-order valence-corrected chi connectivity index (χ4v) is 2.64. The lowest BCUT2D eigenvalue weighted by Crippen LogP contribution is -2.29. The Labute approximate surface area is 139 Å². The van der Waals surface area contributed by atoms with Crippen LogP contribution in [0.5, 0.6) is 5.75 Å². The number of anilines is 1. The molecule has 0 bridgehead atoms. The van der Waals surface area contributed by atoms with Gasteiger partial charge in [-0.05, 0) is 69.3 Å². The van der Waals surface area contributed by atoms with Gasteiger partial charge in [0.15, 0.2) is 0 Å². The molecule has 23 heavy (non-hydrogen) atoms. The lowest BCUT2D eigenvalue weighted by Gasteiger charge is -2.13. The Morgan fingerprint density at radius 1 is 1.22 bits per heavy atom. The first kappa shape index (κ1) is 17.5. The number of hydrogen-bond acceptors (Lipinski definition) is 3. The van der Waals surface area contributed by atoms with Crippen LogP contribution in [0.25, 0.3) is 0 Å².